The maximum absolute atomic E-state index is 13.6. The molecule has 1 nitrogen and oxygen atoms in total. The fourth-order valence-electron chi connectivity index (χ4n) is 2.83. The second-order valence-corrected chi connectivity index (χ2v) is 6.25. The summed E-state index contributed by atoms with van der Waals surface area (Å²) < 4.78 is 14.4. The van der Waals surface area contributed by atoms with E-state index in [2.05, 4.69) is 15.9 Å². The second-order valence-electron chi connectivity index (χ2n) is 5.33. The molecule has 1 aliphatic carbocycles. The van der Waals surface area contributed by atoms with Gasteiger partial charge in [0.2, 0.25) is 0 Å². The van der Waals surface area contributed by atoms with Gasteiger partial charge in [-0.3, -0.25) is 0 Å². The molecular weight excluding hydrogens is 295 g/mol. The summed E-state index contributed by atoms with van der Waals surface area (Å²) in [7, 11) is 0. The van der Waals surface area contributed by atoms with E-state index in [1.165, 1.54) is 38.2 Å². The summed E-state index contributed by atoms with van der Waals surface area (Å²) >= 11 is 3.24. The SMILES string of the molecule is OC(Cc1ccc(Br)cc1F)CC1CCCCC1. The van der Waals surface area contributed by atoms with Gasteiger partial charge in [-0.2, -0.15) is 0 Å². The van der Waals surface area contributed by atoms with E-state index in [-0.39, 0.29) is 5.82 Å². The maximum Gasteiger partial charge on any atom is 0.127 e. The summed E-state index contributed by atoms with van der Waals surface area (Å²) in [5.41, 5.74) is 0.613. The molecule has 0 aromatic heterocycles. The Bertz CT molecular complexity index is 388. The van der Waals surface area contributed by atoms with Crippen molar-refractivity contribution in [2.24, 2.45) is 5.92 Å². The first-order valence-corrected chi connectivity index (χ1v) is 7.56. The summed E-state index contributed by atoms with van der Waals surface area (Å²) in [6.07, 6.45) is 7.16. The normalized spacial score (nSPS) is 18.8. The lowest BCUT2D eigenvalue weighted by atomic mass is 9.84. The molecule has 0 spiro atoms. The lowest BCUT2D eigenvalue weighted by Gasteiger charge is -2.24. The molecule has 1 aromatic carbocycles. The van der Waals surface area contributed by atoms with Gasteiger partial charge in [0, 0.05) is 10.9 Å². The van der Waals surface area contributed by atoms with Gasteiger partial charge in [-0.05, 0) is 30.0 Å². The average Bonchev–Trinajstić information content (AvgIpc) is 2.34. The molecular formula is C15H20BrFO. The summed E-state index contributed by atoms with van der Waals surface area (Å²) in [6.45, 7) is 0. The van der Waals surface area contributed by atoms with Gasteiger partial charge in [0.25, 0.3) is 0 Å². The first-order chi connectivity index (χ1) is 8.65. The highest BCUT2D eigenvalue weighted by molar-refractivity contribution is 9.10. The molecule has 1 fully saturated rings. The minimum absolute atomic E-state index is 0.230. The molecule has 1 unspecified atom stereocenters. The predicted molar refractivity (Wildman–Crippen MR) is 75.0 cm³/mol. The number of aliphatic hydroxyl groups excluding tert-OH is 1. The third-order valence-corrected chi connectivity index (χ3v) is 4.29. The van der Waals surface area contributed by atoms with Crippen molar-refractivity contribution in [1.29, 1.82) is 0 Å². The van der Waals surface area contributed by atoms with Crippen molar-refractivity contribution in [2.45, 2.75) is 51.0 Å². The smallest absolute Gasteiger partial charge is 0.127 e. The Kier molecular flexibility index (Phi) is 5.19. The van der Waals surface area contributed by atoms with E-state index in [0.29, 0.717) is 17.9 Å². The first-order valence-electron chi connectivity index (χ1n) is 6.77. The van der Waals surface area contributed by atoms with E-state index in [4.69, 9.17) is 0 Å². The van der Waals surface area contributed by atoms with Crippen LogP contribution in [0.1, 0.15) is 44.1 Å². The van der Waals surface area contributed by atoms with Crippen LogP contribution in [-0.4, -0.2) is 11.2 Å². The summed E-state index contributed by atoms with van der Waals surface area (Å²) in [5, 5.41) is 10.1. The fourth-order valence-corrected chi connectivity index (χ4v) is 3.17. The molecule has 0 bridgehead atoms. The summed E-state index contributed by atoms with van der Waals surface area (Å²) in [6, 6.07) is 5.04. The highest BCUT2D eigenvalue weighted by Crippen LogP contribution is 2.28. The third kappa shape index (κ3) is 4.06. The number of hydrogen-bond acceptors (Lipinski definition) is 1. The Hall–Kier alpha value is -0.410. The molecule has 1 aliphatic rings. The third-order valence-electron chi connectivity index (χ3n) is 3.80. The van der Waals surface area contributed by atoms with Crippen LogP contribution in [0.3, 0.4) is 0 Å². The van der Waals surface area contributed by atoms with Crippen LogP contribution in [0.25, 0.3) is 0 Å². The lowest BCUT2D eigenvalue weighted by Crippen LogP contribution is -2.18. The Labute approximate surface area is 117 Å². The van der Waals surface area contributed by atoms with Crippen LogP contribution >= 0.6 is 15.9 Å². The molecule has 0 radical (unpaired) electrons. The van der Waals surface area contributed by atoms with Crippen LogP contribution in [0.2, 0.25) is 0 Å². The average molecular weight is 315 g/mol. The highest BCUT2D eigenvalue weighted by atomic mass is 79.9. The molecule has 0 aliphatic heterocycles. The first kappa shape index (κ1) is 14.0. The van der Waals surface area contributed by atoms with Crippen LogP contribution in [0.15, 0.2) is 22.7 Å². The van der Waals surface area contributed by atoms with E-state index < -0.39 is 6.10 Å². The van der Waals surface area contributed by atoms with E-state index in [1.54, 1.807) is 6.07 Å². The largest absolute Gasteiger partial charge is 0.393 e. The maximum atomic E-state index is 13.6. The van der Waals surface area contributed by atoms with Gasteiger partial charge in [0.15, 0.2) is 0 Å². The van der Waals surface area contributed by atoms with Crippen molar-refractivity contribution >= 4 is 15.9 Å². The quantitative estimate of drug-likeness (QED) is 0.869. The zero-order valence-corrected chi connectivity index (χ0v) is 12.1. The second kappa shape index (κ2) is 6.67. The molecule has 3 heteroatoms. The Balaban J connectivity index is 1.87. The summed E-state index contributed by atoms with van der Waals surface area (Å²) in [4.78, 5) is 0. The molecule has 1 atom stereocenters. The van der Waals surface area contributed by atoms with Crippen molar-refractivity contribution in [3.8, 4) is 0 Å². The predicted octanol–water partition coefficient (Wildman–Crippen LogP) is 4.46. The number of benzene rings is 1. The van der Waals surface area contributed by atoms with Crippen molar-refractivity contribution in [2.75, 3.05) is 0 Å². The van der Waals surface area contributed by atoms with Crippen LogP contribution < -0.4 is 0 Å². The Morgan fingerprint density at radius 3 is 2.67 bits per heavy atom. The van der Waals surface area contributed by atoms with Gasteiger partial charge in [0.05, 0.1) is 6.10 Å². The molecule has 1 saturated carbocycles. The van der Waals surface area contributed by atoms with E-state index in [0.717, 1.165) is 10.9 Å². The van der Waals surface area contributed by atoms with Crippen molar-refractivity contribution in [3.05, 3.63) is 34.1 Å². The Morgan fingerprint density at radius 2 is 2.00 bits per heavy atom. The number of aliphatic hydroxyl groups is 1. The topological polar surface area (TPSA) is 20.2 Å². The standard InChI is InChI=1S/C15H20BrFO/c16-13-7-6-12(15(17)10-13)9-14(18)8-11-4-2-1-3-5-11/h6-7,10-11,14,18H,1-5,8-9H2. The van der Waals surface area contributed by atoms with E-state index in [9.17, 15) is 9.50 Å². The van der Waals surface area contributed by atoms with Gasteiger partial charge in [-0.25, -0.2) is 4.39 Å². The molecule has 0 amide bonds. The van der Waals surface area contributed by atoms with E-state index >= 15 is 0 Å². The van der Waals surface area contributed by atoms with Crippen molar-refractivity contribution in [3.63, 3.8) is 0 Å². The van der Waals surface area contributed by atoms with Gasteiger partial charge in [-0.15, -0.1) is 0 Å². The minimum Gasteiger partial charge on any atom is -0.393 e. The van der Waals surface area contributed by atoms with Crippen molar-refractivity contribution < 1.29 is 9.50 Å². The van der Waals surface area contributed by atoms with E-state index in [1.807, 2.05) is 6.07 Å². The molecule has 1 N–H and O–H groups in total. The molecule has 100 valence electrons. The van der Waals surface area contributed by atoms with Crippen molar-refractivity contribution in [1.82, 2.24) is 0 Å². The molecule has 1 aromatic rings. The van der Waals surface area contributed by atoms with Crippen LogP contribution in [0.5, 0.6) is 0 Å². The van der Waals surface area contributed by atoms with Crippen LogP contribution in [0.4, 0.5) is 4.39 Å². The zero-order valence-electron chi connectivity index (χ0n) is 10.5. The minimum atomic E-state index is -0.413. The molecule has 2 rings (SSSR count). The van der Waals surface area contributed by atoms with Gasteiger partial charge >= 0.3 is 0 Å². The summed E-state index contributed by atoms with van der Waals surface area (Å²) in [5.74, 6) is 0.402. The van der Waals surface area contributed by atoms with Gasteiger partial charge in [-0.1, -0.05) is 54.1 Å². The number of hydrogen-bond donors (Lipinski definition) is 1. The molecule has 0 saturated heterocycles. The van der Waals surface area contributed by atoms with Gasteiger partial charge < -0.3 is 5.11 Å². The fraction of sp³-hybridized carbons (Fsp3) is 0.600. The number of halogens is 2. The Morgan fingerprint density at radius 1 is 1.28 bits per heavy atom. The van der Waals surface area contributed by atoms with Crippen LogP contribution in [0, 0.1) is 11.7 Å². The molecule has 0 heterocycles. The van der Waals surface area contributed by atoms with Crippen LogP contribution in [-0.2, 0) is 6.42 Å². The number of rotatable bonds is 4. The zero-order chi connectivity index (χ0) is 13.0. The van der Waals surface area contributed by atoms with Gasteiger partial charge in [0.1, 0.15) is 5.82 Å². The monoisotopic (exact) mass is 314 g/mol. The molecule has 18 heavy (non-hydrogen) atoms. The highest BCUT2D eigenvalue weighted by Gasteiger charge is 2.18. The lowest BCUT2D eigenvalue weighted by molar-refractivity contribution is 0.129.